The zero-order chi connectivity index (χ0) is 12.3. The first-order valence-electron chi connectivity index (χ1n) is 5.92. The van der Waals surface area contributed by atoms with Crippen molar-refractivity contribution >= 4 is 47.2 Å². The van der Waals surface area contributed by atoms with Gasteiger partial charge >= 0.3 is 0 Å². The number of nitrogens with zero attached hydrogens (tertiary/aromatic N) is 3. The van der Waals surface area contributed by atoms with E-state index in [0.29, 0.717) is 0 Å². The number of hydrogen-bond donors (Lipinski definition) is 1. The van der Waals surface area contributed by atoms with Gasteiger partial charge in [-0.3, -0.25) is 4.79 Å². The van der Waals surface area contributed by atoms with Crippen LogP contribution in [0.15, 0.2) is 6.20 Å². The lowest BCUT2D eigenvalue weighted by atomic mass is 10.3. The molecular weight excluding hydrogens is 307 g/mol. The molecule has 8 heteroatoms. The number of thiazole rings is 1. The Kier molecular flexibility index (Phi) is 8.33. The summed E-state index contributed by atoms with van der Waals surface area (Å²) >= 11 is 1.74. The van der Waals surface area contributed by atoms with Gasteiger partial charge in [0.15, 0.2) is 5.13 Å². The van der Waals surface area contributed by atoms with Crippen molar-refractivity contribution in [3.8, 4) is 0 Å². The fourth-order valence-corrected chi connectivity index (χ4v) is 2.78. The van der Waals surface area contributed by atoms with Gasteiger partial charge in [-0.15, -0.1) is 36.2 Å². The predicted octanol–water partition coefficient (Wildman–Crippen LogP) is 1.16. The van der Waals surface area contributed by atoms with E-state index < -0.39 is 0 Å². The molecule has 0 bridgehead atoms. The Morgan fingerprint density at radius 1 is 1.37 bits per heavy atom. The van der Waals surface area contributed by atoms with Gasteiger partial charge in [0.2, 0.25) is 5.91 Å². The van der Waals surface area contributed by atoms with Gasteiger partial charge in [0.25, 0.3) is 0 Å². The lowest BCUT2D eigenvalue weighted by Gasteiger charge is -2.34. The second-order valence-corrected chi connectivity index (χ2v) is 5.13. The highest BCUT2D eigenvalue weighted by Crippen LogP contribution is 2.23. The summed E-state index contributed by atoms with van der Waals surface area (Å²) in [6, 6.07) is 0. The Bertz CT molecular complexity index is 394. The zero-order valence-corrected chi connectivity index (χ0v) is 13.3. The number of carbonyl (C=O) groups is 1. The van der Waals surface area contributed by atoms with E-state index in [1.165, 1.54) is 4.88 Å². The number of aromatic nitrogens is 1. The van der Waals surface area contributed by atoms with Crippen molar-refractivity contribution in [1.29, 1.82) is 0 Å². The second-order valence-electron chi connectivity index (χ2n) is 4.03. The normalized spacial score (nSPS) is 14.6. The predicted molar refractivity (Wildman–Crippen MR) is 83.8 cm³/mol. The maximum absolute atomic E-state index is 11.4. The molecule has 1 fully saturated rings. The molecule has 5 nitrogen and oxygen atoms in total. The Balaban J connectivity index is 0.00000162. The van der Waals surface area contributed by atoms with E-state index >= 15 is 0 Å². The molecule has 19 heavy (non-hydrogen) atoms. The van der Waals surface area contributed by atoms with Crippen molar-refractivity contribution in [2.45, 2.75) is 13.3 Å². The molecule has 0 aliphatic carbocycles. The van der Waals surface area contributed by atoms with Crippen LogP contribution in [0, 0.1) is 0 Å². The number of aryl methyl sites for hydroxylation is 1. The highest BCUT2D eigenvalue weighted by Gasteiger charge is 2.21. The summed E-state index contributed by atoms with van der Waals surface area (Å²) in [4.78, 5) is 21.2. The number of carbonyl (C=O) groups excluding carboxylic acids is 1. The quantitative estimate of drug-likeness (QED) is 0.905. The Labute approximate surface area is 130 Å². The van der Waals surface area contributed by atoms with Gasteiger partial charge in [-0.2, -0.15) is 0 Å². The second kappa shape index (κ2) is 8.58. The van der Waals surface area contributed by atoms with Gasteiger partial charge in [0.05, 0.1) is 6.54 Å². The molecular formula is C11H20Cl2N4OS. The molecule has 2 N–H and O–H groups in total. The Morgan fingerprint density at radius 2 is 2.00 bits per heavy atom. The average molecular weight is 327 g/mol. The van der Waals surface area contributed by atoms with Crippen molar-refractivity contribution in [3.05, 3.63) is 11.1 Å². The maximum Gasteiger partial charge on any atom is 0.236 e. The van der Waals surface area contributed by atoms with Crippen LogP contribution < -0.4 is 10.6 Å². The summed E-state index contributed by atoms with van der Waals surface area (Å²) in [5.41, 5.74) is 5.35. The first kappa shape index (κ1) is 18.4. The van der Waals surface area contributed by atoms with Crippen LogP contribution in [0.3, 0.4) is 0 Å². The van der Waals surface area contributed by atoms with Crippen molar-refractivity contribution in [1.82, 2.24) is 9.88 Å². The van der Waals surface area contributed by atoms with E-state index in [-0.39, 0.29) is 37.3 Å². The third-order valence-corrected chi connectivity index (χ3v) is 4.17. The summed E-state index contributed by atoms with van der Waals surface area (Å²) in [6.07, 6.45) is 2.97. The first-order chi connectivity index (χ1) is 8.24. The van der Waals surface area contributed by atoms with E-state index in [1.807, 2.05) is 11.1 Å². The van der Waals surface area contributed by atoms with E-state index in [1.54, 1.807) is 11.3 Å². The van der Waals surface area contributed by atoms with Crippen LogP contribution in [0.25, 0.3) is 0 Å². The molecule has 1 saturated heterocycles. The highest BCUT2D eigenvalue weighted by molar-refractivity contribution is 7.15. The van der Waals surface area contributed by atoms with Gasteiger partial charge in [-0.1, -0.05) is 6.92 Å². The van der Waals surface area contributed by atoms with E-state index in [9.17, 15) is 4.79 Å². The Hall–Kier alpha value is -0.560. The van der Waals surface area contributed by atoms with Gasteiger partial charge in [-0.05, 0) is 6.42 Å². The van der Waals surface area contributed by atoms with Crippen LogP contribution >= 0.6 is 36.2 Å². The molecule has 0 aromatic carbocycles. The largest absolute Gasteiger partial charge is 0.345 e. The summed E-state index contributed by atoms with van der Waals surface area (Å²) < 4.78 is 0. The Morgan fingerprint density at radius 3 is 2.47 bits per heavy atom. The van der Waals surface area contributed by atoms with Gasteiger partial charge in [0.1, 0.15) is 0 Å². The van der Waals surface area contributed by atoms with Crippen LogP contribution in [0.1, 0.15) is 11.8 Å². The molecule has 1 aromatic rings. The third kappa shape index (κ3) is 4.49. The molecule has 0 atom stereocenters. The molecule has 2 heterocycles. The van der Waals surface area contributed by atoms with Crippen molar-refractivity contribution in [2.75, 3.05) is 37.6 Å². The molecule has 0 saturated carbocycles. The monoisotopic (exact) mass is 326 g/mol. The van der Waals surface area contributed by atoms with E-state index in [2.05, 4.69) is 16.8 Å². The number of nitrogens with two attached hydrogens (primary N) is 1. The molecule has 110 valence electrons. The number of hydrogen-bond acceptors (Lipinski definition) is 5. The van der Waals surface area contributed by atoms with Crippen molar-refractivity contribution in [2.24, 2.45) is 5.73 Å². The van der Waals surface area contributed by atoms with E-state index in [0.717, 1.165) is 37.7 Å². The van der Waals surface area contributed by atoms with Crippen LogP contribution in [0.4, 0.5) is 5.13 Å². The van der Waals surface area contributed by atoms with Crippen molar-refractivity contribution in [3.63, 3.8) is 0 Å². The standard InChI is InChI=1S/C11H18N4OS.2ClH/c1-2-9-8-13-11(17-9)15-5-3-14(4-6-15)10(16)7-12;;/h8H,2-7,12H2,1H3;2*1H. The summed E-state index contributed by atoms with van der Waals surface area (Å²) in [6.45, 7) is 5.44. The maximum atomic E-state index is 11.4. The lowest BCUT2D eigenvalue weighted by Crippen LogP contribution is -2.50. The molecule has 0 radical (unpaired) electrons. The molecule has 1 aliphatic rings. The average Bonchev–Trinajstić information content (AvgIpc) is 2.87. The lowest BCUT2D eigenvalue weighted by molar-refractivity contribution is -0.129. The molecule has 0 spiro atoms. The number of amides is 1. The van der Waals surface area contributed by atoms with Crippen LogP contribution in [-0.2, 0) is 11.2 Å². The van der Waals surface area contributed by atoms with Crippen LogP contribution in [-0.4, -0.2) is 48.5 Å². The molecule has 1 aromatic heterocycles. The van der Waals surface area contributed by atoms with Gasteiger partial charge < -0.3 is 15.5 Å². The first-order valence-corrected chi connectivity index (χ1v) is 6.73. The molecule has 0 unspecified atom stereocenters. The van der Waals surface area contributed by atoms with E-state index in [4.69, 9.17) is 5.73 Å². The minimum Gasteiger partial charge on any atom is -0.345 e. The minimum atomic E-state index is 0. The summed E-state index contributed by atoms with van der Waals surface area (Å²) in [7, 11) is 0. The smallest absolute Gasteiger partial charge is 0.236 e. The fraction of sp³-hybridized carbons (Fsp3) is 0.636. The number of rotatable bonds is 3. The molecule has 1 amide bonds. The number of piperazine rings is 1. The third-order valence-electron chi connectivity index (χ3n) is 2.97. The fourth-order valence-electron chi connectivity index (χ4n) is 1.88. The number of halogens is 2. The topological polar surface area (TPSA) is 62.5 Å². The van der Waals surface area contributed by atoms with Crippen LogP contribution in [0.2, 0.25) is 0 Å². The summed E-state index contributed by atoms with van der Waals surface area (Å²) in [5, 5.41) is 1.07. The van der Waals surface area contributed by atoms with Gasteiger partial charge in [0, 0.05) is 37.3 Å². The zero-order valence-electron chi connectivity index (χ0n) is 10.9. The van der Waals surface area contributed by atoms with Gasteiger partial charge in [-0.25, -0.2) is 4.98 Å². The molecule has 1 aliphatic heterocycles. The minimum absolute atomic E-state index is 0. The van der Waals surface area contributed by atoms with Crippen LogP contribution in [0.5, 0.6) is 0 Å². The molecule has 2 rings (SSSR count). The SMILES string of the molecule is CCc1cnc(N2CCN(C(=O)CN)CC2)s1.Cl.Cl. The van der Waals surface area contributed by atoms with Crippen molar-refractivity contribution < 1.29 is 4.79 Å². The number of anilines is 1. The summed E-state index contributed by atoms with van der Waals surface area (Å²) in [5.74, 6) is 0.0398. The highest BCUT2D eigenvalue weighted by atomic mass is 35.5.